The van der Waals surface area contributed by atoms with E-state index in [0.717, 1.165) is 66.0 Å². The van der Waals surface area contributed by atoms with Gasteiger partial charge in [0, 0.05) is 31.1 Å². The SMILES string of the molecule is COc1ccc(-c2cn3nc(N4CCC(C(=O)NCCC(C)C)CC4)sc3n2)cc1. The quantitative estimate of drug-likeness (QED) is 0.620. The highest BCUT2D eigenvalue weighted by atomic mass is 32.1. The first-order valence-electron chi connectivity index (χ1n) is 10.6. The Bertz CT molecular complexity index is 955. The van der Waals surface area contributed by atoms with E-state index in [1.165, 1.54) is 0 Å². The van der Waals surface area contributed by atoms with Crippen LogP contribution in [0, 0.1) is 11.8 Å². The first-order valence-corrected chi connectivity index (χ1v) is 11.4. The summed E-state index contributed by atoms with van der Waals surface area (Å²) in [6.07, 6.45) is 4.73. The minimum absolute atomic E-state index is 0.110. The second-order valence-corrected chi connectivity index (χ2v) is 9.14. The molecule has 4 rings (SSSR count). The van der Waals surface area contributed by atoms with Crippen molar-refractivity contribution in [1.82, 2.24) is 19.9 Å². The largest absolute Gasteiger partial charge is 0.497 e. The number of nitrogens with one attached hydrogen (secondary N) is 1. The first-order chi connectivity index (χ1) is 14.5. The van der Waals surface area contributed by atoms with Crippen LogP contribution >= 0.6 is 11.3 Å². The number of carbonyl (C=O) groups excluding carboxylic acids is 1. The Balaban J connectivity index is 1.35. The molecule has 0 unspecified atom stereocenters. The van der Waals surface area contributed by atoms with Gasteiger partial charge in [-0.25, -0.2) is 9.50 Å². The highest BCUT2D eigenvalue weighted by Gasteiger charge is 2.26. The third-order valence-electron chi connectivity index (χ3n) is 5.58. The number of ether oxygens (including phenoxy) is 1. The lowest BCUT2D eigenvalue weighted by Gasteiger charge is -2.30. The smallest absolute Gasteiger partial charge is 0.223 e. The van der Waals surface area contributed by atoms with Crippen LogP contribution in [0.15, 0.2) is 30.5 Å². The van der Waals surface area contributed by atoms with Gasteiger partial charge >= 0.3 is 0 Å². The minimum Gasteiger partial charge on any atom is -0.497 e. The van der Waals surface area contributed by atoms with Gasteiger partial charge in [0.25, 0.3) is 0 Å². The van der Waals surface area contributed by atoms with Crippen LogP contribution in [0.2, 0.25) is 0 Å². The lowest BCUT2D eigenvalue weighted by Crippen LogP contribution is -2.41. The summed E-state index contributed by atoms with van der Waals surface area (Å²) in [4.78, 5) is 20.2. The minimum atomic E-state index is 0.110. The number of carbonyl (C=O) groups is 1. The van der Waals surface area contributed by atoms with Crippen LogP contribution in [0.25, 0.3) is 16.2 Å². The molecule has 0 atom stereocenters. The van der Waals surface area contributed by atoms with Gasteiger partial charge in [0.2, 0.25) is 16.0 Å². The molecule has 0 spiro atoms. The van der Waals surface area contributed by atoms with Crippen LogP contribution in [0.1, 0.15) is 33.1 Å². The van der Waals surface area contributed by atoms with E-state index in [1.54, 1.807) is 18.4 Å². The molecule has 8 heteroatoms. The topological polar surface area (TPSA) is 71.8 Å². The molecule has 1 aliphatic heterocycles. The molecule has 3 aromatic rings. The Morgan fingerprint density at radius 1 is 1.27 bits per heavy atom. The highest BCUT2D eigenvalue weighted by Crippen LogP contribution is 2.30. The van der Waals surface area contributed by atoms with E-state index in [-0.39, 0.29) is 11.8 Å². The van der Waals surface area contributed by atoms with Crippen LogP contribution in [-0.2, 0) is 4.79 Å². The third kappa shape index (κ3) is 4.59. The van der Waals surface area contributed by atoms with Gasteiger partial charge in [0.15, 0.2) is 0 Å². The van der Waals surface area contributed by atoms with E-state index in [2.05, 4.69) is 24.1 Å². The average molecular weight is 428 g/mol. The van der Waals surface area contributed by atoms with E-state index in [9.17, 15) is 4.79 Å². The molecule has 1 aromatic carbocycles. The van der Waals surface area contributed by atoms with Gasteiger partial charge in [-0.1, -0.05) is 25.2 Å². The van der Waals surface area contributed by atoms with Gasteiger partial charge in [0.1, 0.15) is 5.75 Å². The highest BCUT2D eigenvalue weighted by molar-refractivity contribution is 7.20. The van der Waals surface area contributed by atoms with Crippen LogP contribution in [-0.4, -0.2) is 47.2 Å². The summed E-state index contributed by atoms with van der Waals surface area (Å²) in [5.41, 5.74) is 1.94. The van der Waals surface area contributed by atoms with E-state index >= 15 is 0 Å². The Morgan fingerprint density at radius 3 is 2.63 bits per heavy atom. The molecule has 1 saturated heterocycles. The number of hydrogen-bond donors (Lipinski definition) is 1. The number of rotatable bonds is 7. The fourth-order valence-electron chi connectivity index (χ4n) is 3.68. The summed E-state index contributed by atoms with van der Waals surface area (Å²) in [6.45, 7) is 6.83. The number of methoxy groups -OCH3 is 1. The van der Waals surface area contributed by atoms with Gasteiger partial charge in [-0.05, 0) is 49.4 Å². The number of piperidine rings is 1. The fourth-order valence-corrected chi connectivity index (χ4v) is 4.61. The molecule has 30 heavy (non-hydrogen) atoms. The molecule has 160 valence electrons. The summed E-state index contributed by atoms with van der Waals surface area (Å²) in [5.74, 6) is 1.76. The number of anilines is 1. The van der Waals surface area contributed by atoms with E-state index < -0.39 is 0 Å². The molecule has 1 N–H and O–H groups in total. The van der Waals surface area contributed by atoms with Crippen molar-refractivity contribution in [3.8, 4) is 17.0 Å². The number of aromatic nitrogens is 3. The van der Waals surface area contributed by atoms with Crippen molar-refractivity contribution in [2.24, 2.45) is 11.8 Å². The number of hydrogen-bond acceptors (Lipinski definition) is 6. The van der Waals surface area contributed by atoms with Gasteiger partial charge in [-0.2, -0.15) is 0 Å². The molecule has 0 saturated carbocycles. The number of amides is 1. The molecule has 0 aliphatic carbocycles. The fraction of sp³-hybridized carbons (Fsp3) is 0.500. The standard InChI is InChI=1S/C22H29N5O2S/c1-15(2)8-11-23-20(28)17-9-12-26(13-10-17)22-25-27-14-19(24-21(27)30-22)16-4-6-18(29-3)7-5-16/h4-7,14-15,17H,8-13H2,1-3H3,(H,23,28). The molecule has 2 aromatic heterocycles. The maximum Gasteiger partial charge on any atom is 0.223 e. The molecule has 1 amide bonds. The van der Waals surface area contributed by atoms with Crippen molar-refractivity contribution in [1.29, 1.82) is 0 Å². The lowest BCUT2D eigenvalue weighted by molar-refractivity contribution is -0.125. The van der Waals surface area contributed by atoms with Crippen molar-refractivity contribution in [3.05, 3.63) is 30.5 Å². The molecule has 0 radical (unpaired) electrons. The maximum atomic E-state index is 12.4. The number of fused-ring (bicyclic) bond motifs is 1. The number of imidazole rings is 1. The summed E-state index contributed by atoms with van der Waals surface area (Å²) in [6, 6.07) is 7.88. The van der Waals surface area contributed by atoms with Crippen LogP contribution in [0.3, 0.4) is 0 Å². The second kappa shape index (κ2) is 9.04. The van der Waals surface area contributed by atoms with Crippen LogP contribution in [0.5, 0.6) is 5.75 Å². The van der Waals surface area contributed by atoms with Crippen molar-refractivity contribution in [2.45, 2.75) is 33.1 Å². The Hall–Kier alpha value is -2.61. The summed E-state index contributed by atoms with van der Waals surface area (Å²) < 4.78 is 7.07. The average Bonchev–Trinajstić information content (AvgIpc) is 3.33. The summed E-state index contributed by atoms with van der Waals surface area (Å²) >= 11 is 1.60. The maximum absolute atomic E-state index is 12.4. The zero-order valence-corrected chi connectivity index (χ0v) is 18.6. The second-order valence-electron chi connectivity index (χ2n) is 8.20. The zero-order valence-electron chi connectivity index (χ0n) is 17.8. The van der Waals surface area contributed by atoms with Crippen molar-refractivity contribution in [3.63, 3.8) is 0 Å². The molecule has 0 bridgehead atoms. The first kappa shape index (κ1) is 20.7. The summed E-state index contributed by atoms with van der Waals surface area (Å²) in [5, 5.41) is 8.79. The van der Waals surface area contributed by atoms with E-state index in [0.29, 0.717) is 5.92 Å². The van der Waals surface area contributed by atoms with Gasteiger partial charge in [0.05, 0.1) is 19.0 Å². The van der Waals surface area contributed by atoms with Crippen LogP contribution < -0.4 is 15.0 Å². The van der Waals surface area contributed by atoms with Crippen molar-refractivity contribution < 1.29 is 9.53 Å². The summed E-state index contributed by atoms with van der Waals surface area (Å²) in [7, 11) is 1.66. The molecular weight excluding hydrogens is 398 g/mol. The van der Waals surface area contributed by atoms with Gasteiger partial charge in [-0.15, -0.1) is 5.10 Å². The molecule has 7 nitrogen and oxygen atoms in total. The van der Waals surface area contributed by atoms with E-state index in [4.69, 9.17) is 14.8 Å². The molecule has 3 heterocycles. The Kier molecular flexibility index (Phi) is 6.22. The normalized spacial score (nSPS) is 15.1. The monoisotopic (exact) mass is 427 g/mol. The van der Waals surface area contributed by atoms with E-state index in [1.807, 2.05) is 35.0 Å². The predicted molar refractivity (Wildman–Crippen MR) is 120 cm³/mol. The number of benzene rings is 1. The number of nitrogens with zero attached hydrogens (tertiary/aromatic N) is 4. The van der Waals surface area contributed by atoms with Crippen LogP contribution in [0.4, 0.5) is 5.13 Å². The third-order valence-corrected chi connectivity index (χ3v) is 6.56. The zero-order chi connectivity index (χ0) is 21.1. The van der Waals surface area contributed by atoms with Crippen molar-refractivity contribution in [2.75, 3.05) is 31.6 Å². The van der Waals surface area contributed by atoms with Gasteiger partial charge < -0.3 is 15.0 Å². The predicted octanol–water partition coefficient (Wildman–Crippen LogP) is 3.85. The molecule has 1 aliphatic rings. The van der Waals surface area contributed by atoms with Gasteiger partial charge in [-0.3, -0.25) is 4.79 Å². The Morgan fingerprint density at radius 2 is 2.00 bits per heavy atom. The molecule has 1 fully saturated rings. The Labute approximate surface area is 181 Å². The molecular formula is C22H29N5O2S. The van der Waals surface area contributed by atoms with Crippen molar-refractivity contribution >= 4 is 27.3 Å². The lowest BCUT2D eigenvalue weighted by atomic mass is 9.96.